The number of piperazine rings is 1. The average molecular weight is 1110 g/mol. The van der Waals surface area contributed by atoms with Gasteiger partial charge in [0, 0.05) is 78.4 Å². The number of benzene rings is 5. The summed E-state index contributed by atoms with van der Waals surface area (Å²) in [7, 11) is 0. The molecule has 5 aliphatic rings. The summed E-state index contributed by atoms with van der Waals surface area (Å²) < 4.78 is 64.5. The van der Waals surface area contributed by atoms with Crippen LogP contribution in [0.2, 0.25) is 0 Å². The lowest BCUT2D eigenvalue weighted by Gasteiger charge is -2.31. The number of nitrogens with zero attached hydrogens (tertiary/aromatic N) is 5. The molecule has 0 radical (unpaired) electrons. The van der Waals surface area contributed by atoms with Crippen LogP contribution in [-0.2, 0) is 20.9 Å². The number of aliphatic hydroxyl groups excluding tert-OH is 2. The number of H-pyrrole nitrogens is 1. The maximum atomic E-state index is 16.1. The number of hydrogen-bond donors (Lipinski definition) is 6. The summed E-state index contributed by atoms with van der Waals surface area (Å²) in [5, 5.41) is 39.3. The number of likely N-dealkylation sites (tertiary alicyclic amines) is 1. The van der Waals surface area contributed by atoms with E-state index in [1.807, 2.05) is 0 Å². The van der Waals surface area contributed by atoms with Gasteiger partial charge in [-0.15, -0.1) is 0 Å². The number of amides is 3. The lowest BCUT2D eigenvalue weighted by molar-refractivity contribution is -0.141. The molecule has 2 bridgehead atoms. The minimum absolute atomic E-state index is 0.0266. The van der Waals surface area contributed by atoms with E-state index in [9.17, 15) is 33.4 Å². The van der Waals surface area contributed by atoms with Crippen LogP contribution in [0.25, 0.3) is 44.1 Å². The van der Waals surface area contributed by atoms with E-state index in [2.05, 4.69) is 37.1 Å². The number of anilines is 1. The number of rotatable bonds is 17. The Balaban J connectivity index is 0.807. The summed E-state index contributed by atoms with van der Waals surface area (Å²) in [6.45, 7) is 7.35. The molecule has 4 aliphatic heterocycles. The predicted octanol–water partition coefficient (Wildman–Crippen LogP) is 7.70. The highest BCUT2D eigenvalue weighted by Gasteiger charge is 2.44. The van der Waals surface area contributed by atoms with Crippen molar-refractivity contribution in [2.75, 3.05) is 44.4 Å². The number of hydrogen-bond acceptors (Lipinski definition) is 13. The molecule has 12 rings (SSSR count). The van der Waals surface area contributed by atoms with Gasteiger partial charge in [0.05, 0.1) is 49.2 Å². The van der Waals surface area contributed by atoms with Crippen molar-refractivity contribution in [1.29, 1.82) is 0 Å². The van der Waals surface area contributed by atoms with Crippen LogP contribution in [0.1, 0.15) is 96.9 Å². The molecule has 5 aromatic carbocycles. The molecule has 3 amide bonds. The van der Waals surface area contributed by atoms with Crippen molar-refractivity contribution in [2.24, 2.45) is 5.92 Å². The fraction of sp³-hybridized carbons (Fsp3) is 0.410. The summed E-state index contributed by atoms with van der Waals surface area (Å²) in [6.07, 6.45) is 4.68. The SMILES string of the molecule is Cc1c(F)cc2[nH]ncc2c1-c1c(C2CC2)cc2c(N3C[C@@H]4C[C@H]3CN4)nc(OC3CCOCC3)nc2c1OCc1ccc(C(=O)N[C@H](C(=O)N2C[C@H](O)C[C@H]2C(=O)N[C@@H](CO)c2ccc(-c3c(F)cccc3F)cc2)C(C)C)cc1. The maximum Gasteiger partial charge on any atom is 0.319 e. The second kappa shape index (κ2) is 22.4. The van der Waals surface area contributed by atoms with Crippen molar-refractivity contribution < 1.29 is 52.0 Å². The number of ether oxygens (including phenoxy) is 3. The summed E-state index contributed by atoms with van der Waals surface area (Å²) in [5.41, 5.74) is 5.37. The van der Waals surface area contributed by atoms with E-state index in [1.165, 1.54) is 29.2 Å². The Bertz CT molecular complexity index is 3520. The highest BCUT2D eigenvalue weighted by molar-refractivity contribution is 6.06. The van der Waals surface area contributed by atoms with Crippen LogP contribution in [0.4, 0.5) is 19.0 Å². The number of β-amino-alcohol motifs (C(OH)–C–C–N with tert-alkyl or cyclic N) is 1. The molecule has 1 saturated carbocycles. The Morgan fingerprint density at radius 2 is 1.62 bits per heavy atom. The van der Waals surface area contributed by atoms with Crippen molar-refractivity contribution in [1.82, 2.24) is 41.0 Å². The molecule has 0 unspecified atom stereocenters. The van der Waals surface area contributed by atoms with Crippen molar-refractivity contribution in [3.8, 4) is 34.0 Å². The Morgan fingerprint density at radius 1 is 0.864 bits per heavy atom. The molecular formula is C61H64F3N9O8. The molecule has 422 valence electrons. The number of nitrogens with one attached hydrogen (secondary N) is 4. The van der Waals surface area contributed by atoms with Crippen LogP contribution in [0, 0.1) is 30.3 Å². The summed E-state index contributed by atoms with van der Waals surface area (Å²) in [6, 6.07) is 17.7. The normalized spacial score (nSPS) is 20.8. The number of aliphatic hydroxyl groups is 2. The third-order valence-electron chi connectivity index (χ3n) is 16.7. The summed E-state index contributed by atoms with van der Waals surface area (Å²) in [4.78, 5) is 56.4. The number of fused-ring (bicyclic) bond motifs is 4. The Kier molecular flexibility index (Phi) is 14.9. The molecule has 2 aromatic heterocycles. The molecule has 6 atom stereocenters. The van der Waals surface area contributed by atoms with Crippen molar-refractivity contribution in [3.63, 3.8) is 0 Å². The van der Waals surface area contributed by atoms with Gasteiger partial charge in [-0.2, -0.15) is 15.1 Å². The van der Waals surface area contributed by atoms with Gasteiger partial charge in [-0.25, -0.2) is 13.2 Å². The average Bonchev–Trinajstić information content (AvgIpc) is 3.98. The quantitative estimate of drug-likeness (QED) is 0.0516. The first-order valence-corrected chi connectivity index (χ1v) is 27.9. The minimum Gasteiger partial charge on any atom is -0.486 e. The molecule has 5 fully saturated rings. The number of aromatic nitrogens is 4. The highest BCUT2D eigenvalue weighted by Crippen LogP contribution is 2.53. The molecule has 17 nitrogen and oxygen atoms in total. The fourth-order valence-electron chi connectivity index (χ4n) is 12.1. The molecule has 6 N–H and O–H groups in total. The topological polar surface area (TPSA) is 216 Å². The number of carbonyl (C=O) groups excluding carboxylic acids is 3. The third kappa shape index (κ3) is 10.7. The van der Waals surface area contributed by atoms with E-state index in [4.69, 9.17) is 24.2 Å². The van der Waals surface area contributed by atoms with Gasteiger partial charge in [-0.05, 0) is 102 Å². The smallest absolute Gasteiger partial charge is 0.319 e. The maximum absolute atomic E-state index is 16.1. The van der Waals surface area contributed by atoms with Gasteiger partial charge in [-0.3, -0.25) is 19.5 Å². The van der Waals surface area contributed by atoms with Crippen LogP contribution in [0.15, 0.2) is 85.1 Å². The Hall–Kier alpha value is -7.65. The van der Waals surface area contributed by atoms with Crippen molar-refractivity contribution in [2.45, 2.75) is 114 Å². The van der Waals surface area contributed by atoms with Gasteiger partial charge in [0.1, 0.15) is 53.6 Å². The first-order valence-electron chi connectivity index (χ1n) is 27.9. The minimum atomic E-state index is -1.14. The second-order valence-electron chi connectivity index (χ2n) is 22.5. The van der Waals surface area contributed by atoms with E-state index in [0.29, 0.717) is 71.1 Å². The van der Waals surface area contributed by atoms with Gasteiger partial charge < -0.3 is 50.2 Å². The van der Waals surface area contributed by atoms with Crippen LogP contribution in [0.5, 0.6) is 11.8 Å². The molecule has 81 heavy (non-hydrogen) atoms. The van der Waals surface area contributed by atoms with Gasteiger partial charge in [-0.1, -0.05) is 56.3 Å². The highest BCUT2D eigenvalue weighted by atomic mass is 19.1. The predicted molar refractivity (Wildman–Crippen MR) is 296 cm³/mol. The zero-order chi connectivity index (χ0) is 56.2. The summed E-state index contributed by atoms with van der Waals surface area (Å²) >= 11 is 0. The van der Waals surface area contributed by atoms with Crippen LogP contribution < -0.4 is 30.3 Å². The molecule has 7 aromatic rings. The van der Waals surface area contributed by atoms with E-state index in [0.717, 1.165) is 72.2 Å². The van der Waals surface area contributed by atoms with Crippen LogP contribution in [-0.4, -0.2) is 129 Å². The first-order chi connectivity index (χ1) is 39.2. The van der Waals surface area contributed by atoms with Gasteiger partial charge >= 0.3 is 6.01 Å². The zero-order valence-corrected chi connectivity index (χ0v) is 45.2. The second-order valence-corrected chi connectivity index (χ2v) is 22.5. The largest absolute Gasteiger partial charge is 0.486 e. The van der Waals surface area contributed by atoms with Gasteiger partial charge in [0.2, 0.25) is 11.8 Å². The molecule has 20 heteroatoms. The molecule has 1 aliphatic carbocycles. The first kappa shape index (κ1) is 54.0. The van der Waals surface area contributed by atoms with Gasteiger partial charge in [0.15, 0.2) is 5.75 Å². The van der Waals surface area contributed by atoms with Crippen LogP contribution in [0.3, 0.4) is 0 Å². The number of aromatic amines is 1. The van der Waals surface area contributed by atoms with E-state index in [-0.39, 0.29) is 60.3 Å². The molecular weight excluding hydrogens is 1040 g/mol. The Morgan fingerprint density at radius 3 is 2.30 bits per heavy atom. The zero-order valence-electron chi connectivity index (χ0n) is 45.2. The third-order valence-corrected chi connectivity index (χ3v) is 16.7. The molecule has 0 spiro atoms. The van der Waals surface area contributed by atoms with Gasteiger partial charge in [0.25, 0.3) is 5.91 Å². The monoisotopic (exact) mass is 1110 g/mol. The lowest BCUT2D eigenvalue weighted by Crippen LogP contribution is -2.55. The van der Waals surface area contributed by atoms with E-state index in [1.54, 1.807) is 63.4 Å². The molecule has 4 saturated heterocycles. The Labute approximate surface area is 465 Å². The van der Waals surface area contributed by atoms with E-state index < -0.39 is 71.9 Å². The number of halogens is 3. The number of carbonyl (C=O) groups is 3. The fourth-order valence-corrected chi connectivity index (χ4v) is 12.1. The summed E-state index contributed by atoms with van der Waals surface area (Å²) in [5.74, 6) is -2.67. The van der Waals surface area contributed by atoms with Crippen LogP contribution >= 0.6 is 0 Å². The standard InChI is InChI=1S/C61H64F3N9O8/c1-31(2)54(60(78)73-28-40(75)22-50(73)59(77)67-49(29-74)35-13-15-36(16-14-35)52-45(62)5-4-6-46(52)63)68-58(76)37-9-7-33(8-10-37)30-80-56-53(51-32(3)47(64)24-48-44(51)26-66-71-48)42(34-11-12-34)23-43-55(56)69-61(81-41-17-19-79-20-18-41)70-57(43)72-27-38-21-39(72)25-65-38/h4-10,13-16,23-24,26,31,34,38-41,49-50,54,65,74-75H,11-12,17-22,25,27-30H2,1-3H3,(H,66,71)(H,67,77)(H,68,76)/t38-,39-,40+,49-,50-,54-/m0/s1. The van der Waals surface area contributed by atoms with Crippen molar-refractivity contribution in [3.05, 3.63) is 130 Å². The van der Waals surface area contributed by atoms with E-state index >= 15 is 4.39 Å². The molecule has 6 heterocycles. The van der Waals surface area contributed by atoms with Crippen molar-refractivity contribution >= 4 is 45.3 Å². The lowest BCUT2D eigenvalue weighted by atomic mass is 9.88.